The van der Waals surface area contributed by atoms with Gasteiger partial charge in [0.15, 0.2) is 27.3 Å². The van der Waals surface area contributed by atoms with Gasteiger partial charge in [-0.1, -0.05) is 24.3 Å². The van der Waals surface area contributed by atoms with Gasteiger partial charge in [-0.2, -0.15) is 0 Å². The number of imidazole rings is 1. The third-order valence-electron chi connectivity index (χ3n) is 4.46. The fraction of sp³-hybridized carbons (Fsp3) is 0.0952. The third kappa shape index (κ3) is 3.88. The van der Waals surface area contributed by atoms with Gasteiger partial charge in [0.25, 0.3) is 0 Å². The summed E-state index contributed by atoms with van der Waals surface area (Å²) < 4.78 is 69.1. The predicted octanol–water partition coefficient (Wildman–Crippen LogP) is 4.63. The number of nitrogens with zero attached hydrogens (tertiary/aromatic N) is 1. The molecule has 0 bridgehead atoms. The minimum Gasteiger partial charge on any atom is -0.485 e. The van der Waals surface area contributed by atoms with Crippen LogP contribution in [-0.4, -0.2) is 24.6 Å². The molecule has 4 rings (SSSR count). The molecule has 0 saturated heterocycles. The highest BCUT2D eigenvalue weighted by Gasteiger charge is 2.15. The van der Waals surface area contributed by atoms with Crippen LogP contribution in [0.3, 0.4) is 0 Å². The van der Waals surface area contributed by atoms with Gasteiger partial charge < -0.3 is 9.72 Å². The second-order valence-corrected chi connectivity index (χ2v) is 8.66. The average molecular weight is 432 g/mol. The number of ether oxygens (including phenoxy) is 1. The van der Waals surface area contributed by atoms with Crippen LogP contribution in [0.25, 0.3) is 22.2 Å². The smallest absolute Gasteiger partial charge is 0.194 e. The number of hydrogen-bond donors (Lipinski definition) is 1. The summed E-state index contributed by atoms with van der Waals surface area (Å²) in [6, 6.07) is 13.4. The standard InChI is InChI=1S/C21H15F3N2O3S/c1-30(27,28)19-5-3-2-4-14(19)12-6-7-17-18(8-12)26-20(25-17)11-29-13-9-15(22)21(24)16(23)10-13/h2-10H,11H2,1H3,(H,25,26). The molecule has 1 N–H and O–H groups in total. The molecule has 3 aromatic carbocycles. The molecule has 4 aromatic rings. The number of rotatable bonds is 5. The zero-order valence-corrected chi connectivity index (χ0v) is 16.4. The molecule has 0 radical (unpaired) electrons. The van der Waals surface area contributed by atoms with E-state index in [1.165, 1.54) is 0 Å². The van der Waals surface area contributed by atoms with Crippen molar-refractivity contribution >= 4 is 20.9 Å². The molecule has 9 heteroatoms. The first-order valence-corrected chi connectivity index (χ1v) is 10.7. The number of aromatic amines is 1. The molecular weight excluding hydrogens is 417 g/mol. The quantitative estimate of drug-likeness (QED) is 0.467. The normalized spacial score (nSPS) is 11.7. The molecule has 0 spiro atoms. The number of halogens is 3. The van der Waals surface area contributed by atoms with Crippen LogP contribution in [0, 0.1) is 17.5 Å². The van der Waals surface area contributed by atoms with Gasteiger partial charge in [-0.05, 0) is 23.8 Å². The van der Waals surface area contributed by atoms with Crippen molar-refractivity contribution in [1.29, 1.82) is 0 Å². The van der Waals surface area contributed by atoms with Crippen LogP contribution in [0.5, 0.6) is 5.75 Å². The third-order valence-corrected chi connectivity index (χ3v) is 5.62. The summed E-state index contributed by atoms with van der Waals surface area (Å²) in [5.41, 5.74) is 2.46. The Bertz CT molecular complexity index is 1340. The van der Waals surface area contributed by atoms with Gasteiger partial charge in [0.2, 0.25) is 0 Å². The Kier molecular flexibility index (Phi) is 4.98. The first kappa shape index (κ1) is 20.0. The van der Waals surface area contributed by atoms with Gasteiger partial charge in [-0.25, -0.2) is 26.6 Å². The van der Waals surface area contributed by atoms with E-state index in [1.54, 1.807) is 42.5 Å². The van der Waals surface area contributed by atoms with Crippen LogP contribution in [0.4, 0.5) is 13.2 Å². The highest BCUT2D eigenvalue weighted by molar-refractivity contribution is 7.90. The minimum absolute atomic E-state index is 0.131. The second-order valence-electron chi connectivity index (χ2n) is 6.67. The van der Waals surface area contributed by atoms with Crippen molar-refractivity contribution in [2.75, 3.05) is 6.26 Å². The molecular formula is C21H15F3N2O3S. The van der Waals surface area contributed by atoms with Crippen molar-refractivity contribution in [3.05, 3.63) is 77.9 Å². The highest BCUT2D eigenvalue weighted by atomic mass is 32.2. The molecule has 0 unspecified atom stereocenters. The van der Waals surface area contributed by atoms with Gasteiger partial charge in [0.05, 0.1) is 15.9 Å². The van der Waals surface area contributed by atoms with Gasteiger partial charge in [0.1, 0.15) is 18.2 Å². The number of nitrogens with one attached hydrogen (secondary N) is 1. The van der Waals surface area contributed by atoms with Crippen LogP contribution in [0.1, 0.15) is 5.82 Å². The maximum Gasteiger partial charge on any atom is 0.194 e. The van der Waals surface area contributed by atoms with Crippen molar-refractivity contribution in [2.45, 2.75) is 11.5 Å². The molecule has 1 aromatic heterocycles. The number of fused-ring (bicyclic) bond motifs is 1. The molecule has 5 nitrogen and oxygen atoms in total. The van der Waals surface area contributed by atoms with E-state index in [-0.39, 0.29) is 17.3 Å². The largest absolute Gasteiger partial charge is 0.485 e. The summed E-state index contributed by atoms with van der Waals surface area (Å²) in [6.45, 7) is -0.131. The summed E-state index contributed by atoms with van der Waals surface area (Å²) in [7, 11) is -3.42. The van der Waals surface area contributed by atoms with E-state index < -0.39 is 27.3 Å². The Labute approximate surface area is 170 Å². The maximum atomic E-state index is 13.3. The number of hydrogen-bond acceptors (Lipinski definition) is 4. The lowest BCUT2D eigenvalue weighted by molar-refractivity contribution is 0.291. The van der Waals surface area contributed by atoms with Gasteiger partial charge in [-0.15, -0.1) is 0 Å². The lowest BCUT2D eigenvalue weighted by atomic mass is 10.1. The Morgan fingerprint density at radius 1 is 1.00 bits per heavy atom. The van der Waals surface area contributed by atoms with Crippen molar-refractivity contribution in [1.82, 2.24) is 9.97 Å². The van der Waals surface area contributed by atoms with Gasteiger partial charge in [-0.3, -0.25) is 0 Å². The molecule has 0 aliphatic rings. The average Bonchev–Trinajstić information content (AvgIpc) is 3.12. The molecule has 0 atom stereocenters. The topological polar surface area (TPSA) is 72.0 Å². The monoisotopic (exact) mass is 432 g/mol. The zero-order chi connectivity index (χ0) is 21.5. The summed E-state index contributed by atoms with van der Waals surface area (Å²) in [5.74, 6) is -4.04. The number of benzene rings is 3. The van der Waals surface area contributed by atoms with E-state index in [0.29, 0.717) is 28.0 Å². The summed E-state index contributed by atoms with van der Waals surface area (Å²) in [6.07, 6.45) is 1.15. The summed E-state index contributed by atoms with van der Waals surface area (Å²) >= 11 is 0. The van der Waals surface area contributed by atoms with Crippen molar-refractivity contribution in [3.8, 4) is 16.9 Å². The predicted molar refractivity (Wildman–Crippen MR) is 105 cm³/mol. The van der Waals surface area contributed by atoms with E-state index >= 15 is 0 Å². The van der Waals surface area contributed by atoms with Gasteiger partial charge in [0, 0.05) is 24.0 Å². The van der Waals surface area contributed by atoms with E-state index in [9.17, 15) is 21.6 Å². The highest BCUT2D eigenvalue weighted by Crippen LogP contribution is 2.29. The Morgan fingerprint density at radius 2 is 1.70 bits per heavy atom. The molecule has 0 aliphatic carbocycles. The van der Waals surface area contributed by atoms with Crippen LogP contribution in [0.2, 0.25) is 0 Å². The molecule has 0 aliphatic heterocycles. The van der Waals surface area contributed by atoms with Crippen LogP contribution in [0.15, 0.2) is 59.5 Å². The minimum atomic E-state index is -3.42. The fourth-order valence-corrected chi connectivity index (χ4v) is 4.00. The van der Waals surface area contributed by atoms with E-state index in [2.05, 4.69) is 9.97 Å². The van der Waals surface area contributed by atoms with E-state index in [1.807, 2.05) is 0 Å². The lowest BCUT2D eigenvalue weighted by Crippen LogP contribution is -2.00. The lowest BCUT2D eigenvalue weighted by Gasteiger charge is -2.07. The SMILES string of the molecule is CS(=O)(=O)c1ccccc1-c1ccc2[nH]c(COc3cc(F)c(F)c(F)c3)nc2c1. The molecule has 0 saturated carbocycles. The van der Waals surface area contributed by atoms with Crippen LogP contribution >= 0.6 is 0 Å². The molecule has 0 fully saturated rings. The second kappa shape index (κ2) is 7.49. The Morgan fingerprint density at radius 3 is 2.40 bits per heavy atom. The number of sulfone groups is 1. The van der Waals surface area contributed by atoms with E-state index in [4.69, 9.17) is 4.74 Å². The van der Waals surface area contributed by atoms with Crippen molar-refractivity contribution in [2.24, 2.45) is 0 Å². The fourth-order valence-electron chi connectivity index (χ4n) is 3.09. The molecule has 0 amide bonds. The summed E-state index contributed by atoms with van der Waals surface area (Å²) in [4.78, 5) is 7.60. The van der Waals surface area contributed by atoms with Crippen molar-refractivity contribution < 1.29 is 26.3 Å². The number of H-pyrrole nitrogens is 1. The Hall–Kier alpha value is -3.33. The summed E-state index contributed by atoms with van der Waals surface area (Å²) in [5, 5.41) is 0. The molecule has 30 heavy (non-hydrogen) atoms. The molecule has 1 heterocycles. The van der Waals surface area contributed by atoms with Gasteiger partial charge >= 0.3 is 0 Å². The molecule has 154 valence electrons. The van der Waals surface area contributed by atoms with Crippen LogP contribution in [-0.2, 0) is 16.4 Å². The first-order valence-electron chi connectivity index (χ1n) is 8.78. The first-order chi connectivity index (χ1) is 14.2. The van der Waals surface area contributed by atoms with Crippen LogP contribution < -0.4 is 4.74 Å². The van der Waals surface area contributed by atoms with E-state index in [0.717, 1.165) is 18.4 Å². The number of aromatic nitrogens is 2. The zero-order valence-electron chi connectivity index (χ0n) is 15.6. The van der Waals surface area contributed by atoms with Crippen molar-refractivity contribution in [3.63, 3.8) is 0 Å². The maximum absolute atomic E-state index is 13.3. The Balaban J connectivity index is 1.63.